The number of fused-ring (bicyclic) bond motifs is 1. The first kappa shape index (κ1) is 16.5. The number of aromatic nitrogens is 2. The van der Waals surface area contributed by atoms with Gasteiger partial charge in [-0.2, -0.15) is 5.26 Å². The first-order valence-electron chi connectivity index (χ1n) is 7.99. The maximum atomic E-state index is 9.28. The molecule has 0 bridgehead atoms. The summed E-state index contributed by atoms with van der Waals surface area (Å²) in [7, 11) is 1.64. The van der Waals surface area contributed by atoms with Crippen molar-refractivity contribution in [2.75, 3.05) is 17.7 Å². The fourth-order valence-electron chi connectivity index (χ4n) is 2.60. The van der Waals surface area contributed by atoms with Gasteiger partial charge in [-0.1, -0.05) is 12.1 Å². The van der Waals surface area contributed by atoms with E-state index in [1.54, 1.807) is 7.11 Å². The van der Waals surface area contributed by atoms with E-state index in [-0.39, 0.29) is 6.04 Å². The summed E-state index contributed by atoms with van der Waals surface area (Å²) in [6.07, 6.45) is 0. The monoisotopic (exact) mass is 333 g/mol. The number of nitrogens with zero attached hydrogens (tertiary/aromatic N) is 3. The van der Waals surface area contributed by atoms with Gasteiger partial charge in [-0.05, 0) is 44.2 Å². The van der Waals surface area contributed by atoms with E-state index in [1.807, 2.05) is 56.3 Å². The van der Waals surface area contributed by atoms with Gasteiger partial charge in [0.2, 0.25) is 0 Å². The molecule has 3 aromatic rings. The Kier molecular flexibility index (Phi) is 4.66. The summed E-state index contributed by atoms with van der Waals surface area (Å²) in [6.45, 7) is 4.04. The number of anilines is 3. The zero-order valence-corrected chi connectivity index (χ0v) is 14.4. The van der Waals surface area contributed by atoms with E-state index < -0.39 is 0 Å². The van der Waals surface area contributed by atoms with E-state index in [0.29, 0.717) is 16.9 Å². The fraction of sp³-hybridized carbons (Fsp3) is 0.211. The standard InChI is InChI=1S/C19H19N5O/c1-12(2)21-19-14-9-8-13(10-16(14)23-24-17(19)11-20)22-15-6-4-5-7-18(15)25-3/h4-10,12,22H,1-3H3,(H,21,23). The van der Waals surface area contributed by atoms with Gasteiger partial charge >= 0.3 is 0 Å². The highest BCUT2D eigenvalue weighted by molar-refractivity contribution is 5.95. The zero-order valence-electron chi connectivity index (χ0n) is 14.4. The number of hydrogen-bond donors (Lipinski definition) is 2. The molecular formula is C19H19N5O. The van der Waals surface area contributed by atoms with E-state index in [0.717, 1.165) is 22.5 Å². The number of ether oxygens (including phenoxy) is 1. The molecule has 25 heavy (non-hydrogen) atoms. The van der Waals surface area contributed by atoms with Crippen LogP contribution in [0.15, 0.2) is 42.5 Å². The first-order valence-corrected chi connectivity index (χ1v) is 7.99. The summed E-state index contributed by atoms with van der Waals surface area (Å²) in [6, 6.07) is 15.8. The number of nitrogens with one attached hydrogen (secondary N) is 2. The summed E-state index contributed by atoms with van der Waals surface area (Å²) in [5, 5.41) is 25.0. The summed E-state index contributed by atoms with van der Waals surface area (Å²) in [5.74, 6) is 0.760. The minimum Gasteiger partial charge on any atom is -0.495 e. The van der Waals surface area contributed by atoms with Crippen LogP contribution in [0, 0.1) is 11.3 Å². The molecule has 2 N–H and O–H groups in total. The smallest absolute Gasteiger partial charge is 0.186 e. The molecule has 3 rings (SSSR count). The summed E-state index contributed by atoms with van der Waals surface area (Å²) < 4.78 is 5.36. The highest BCUT2D eigenvalue weighted by atomic mass is 16.5. The summed E-state index contributed by atoms with van der Waals surface area (Å²) in [4.78, 5) is 0. The van der Waals surface area contributed by atoms with Crippen LogP contribution in [0.4, 0.5) is 17.1 Å². The second kappa shape index (κ2) is 7.05. The Balaban J connectivity index is 2.02. The molecule has 1 aromatic heterocycles. The van der Waals surface area contributed by atoms with Crippen molar-refractivity contribution in [1.82, 2.24) is 10.2 Å². The maximum absolute atomic E-state index is 9.28. The predicted molar refractivity (Wildman–Crippen MR) is 99.3 cm³/mol. The lowest BCUT2D eigenvalue weighted by molar-refractivity contribution is 0.417. The minimum atomic E-state index is 0.186. The molecule has 1 heterocycles. The first-order chi connectivity index (χ1) is 12.1. The molecule has 0 saturated heterocycles. The van der Waals surface area contributed by atoms with Crippen LogP contribution in [0.25, 0.3) is 10.9 Å². The number of rotatable bonds is 5. The Hall–Kier alpha value is -3.33. The molecule has 2 aromatic carbocycles. The van der Waals surface area contributed by atoms with Crippen molar-refractivity contribution in [1.29, 1.82) is 5.26 Å². The van der Waals surface area contributed by atoms with Gasteiger partial charge < -0.3 is 15.4 Å². The van der Waals surface area contributed by atoms with Gasteiger partial charge in [0, 0.05) is 17.1 Å². The van der Waals surface area contributed by atoms with Gasteiger partial charge in [-0.3, -0.25) is 0 Å². The number of nitriles is 1. The number of para-hydroxylation sites is 2. The average molecular weight is 333 g/mol. The summed E-state index contributed by atoms with van der Waals surface area (Å²) >= 11 is 0. The van der Waals surface area contributed by atoms with Crippen LogP contribution in [0.5, 0.6) is 5.75 Å². The van der Waals surface area contributed by atoms with Crippen molar-refractivity contribution >= 4 is 28.0 Å². The normalized spacial score (nSPS) is 10.5. The maximum Gasteiger partial charge on any atom is 0.186 e. The third-order valence-corrected chi connectivity index (χ3v) is 3.69. The molecule has 6 heteroatoms. The van der Waals surface area contributed by atoms with Crippen molar-refractivity contribution < 1.29 is 4.74 Å². The fourth-order valence-corrected chi connectivity index (χ4v) is 2.60. The molecule has 0 aliphatic rings. The van der Waals surface area contributed by atoms with Gasteiger partial charge in [-0.15, -0.1) is 10.2 Å². The zero-order chi connectivity index (χ0) is 17.8. The molecule has 0 aliphatic heterocycles. The lowest BCUT2D eigenvalue weighted by atomic mass is 10.1. The Morgan fingerprint density at radius 3 is 2.64 bits per heavy atom. The second-order valence-electron chi connectivity index (χ2n) is 5.89. The van der Waals surface area contributed by atoms with E-state index >= 15 is 0 Å². The largest absolute Gasteiger partial charge is 0.495 e. The molecule has 0 amide bonds. The van der Waals surface area contributed by atoms with Gasteiger partial charge in [0.15, 0.2) is 5.69 Å². The highest BCUT2D eigenvalue weighted by Gasteiger charge is 2.12. The quantitative estimate of drug-likeness (QED) is 0.732. The van der Waals surface area contributed by atoms with Gasteiger partial charge in [-0.25, -0.2) is 0 Å². The molecule has 0 atom stereocenters. The molecule has 0 unspecified atom stereocenters. The predicted octanol–water partition coefficient (Wildman–Crippen LogP) is 4.07. The summed E-state index contributed by atoms with van der Waals surface area (Å²) in [5.41, 5.74) is 3.46. The topological polar surface area (TPSA) is 82.9 Å². The number of methoxy groups -OCH3 is 1. The van der Waals surface area contributed by atoms with Crippen LogP contribution < -0.4 is 15.4 Å². The van der Waals surface area contributed by atoms with Crippen LogP contribution >= 0.6 is 0 Å². The molecule has 0 saturated carbocycles. The van der Waals surface area contributed by atoms with Gasteiger partial charge in [0.1, 0.15) is 11.8 Å². The molecular weight excluding hydrogens is 314 g/mol. The lowest BCUT2D eigenvalue weighted by Gasteiger charge is -2.15. The lowest BCUT2D eigenvalue weighted by Crippen LogP contribution is -2.12. The van der Waals surface area contributed by atoms with E-state index in [2.05, 4.69) is 26.9 Å². The molecule has 0 aliphatic carbocycles. The van der Waals surface area contributed by atoms with Crippen LogP contribution in [-0.4, -0.2) is 23.3 Å². The Bertz CT molecular complexity index is 946. The van der Waals surface area contributed by atoms with Crippen molar-refractivity contribution in [3.8, 4) is 11.8 Å². The number of hydrogen-bond acceptors (Lipinski definition) is 6. The average Bonchev–Trinajstić information content (AvgIpc) is 2.62. The van der Waals surface area contributed by atoms with E-state index in [4.69, 9.17) is 4.74 Å². The SMILES string of the molecule is COc1ccccc1Nc1ccc2c(NC(C)C)c(C#N)nnc2c1. The van der Waals surface area contributed by atoms with Crippen molar-refractivity contribution in [3.05, 3.63) is 48.2 Å². The third-order valence-electron chi connectivity index (χ3n) is 3.69. The van der Waals surface area contributed by atoms with E-state index in [1.165, 1.54) is 0 Å². The van der Waals surface area contributed by atoms with Crippen molar-refractivity contribution in [2.24, 2.45) is 0 Å². The molecule has 0 radical (unpaired) electrons. The molecule has 126 valence electrons. The Morgan fingerprint density at radius 2 is 1.92 bits per heavy atom. The third kappa shape index (κ3) is 3.45. The Labute approximate surface area is 146 Å². The Morgan fingerprint density at radius 1 is 1.12 bits per heavy atom. The second-order valence-corrected chi connectivity index (χ2v) is 5.89. The van der Waals surface area contributed by atoms with Crippen LogP contribution in [0.2, 0.25) is 0 Å². The van der Waals surface area contributed by atoms with Gasteiger partial charge in [0.05, 0.1) is 24.0 Å². The van der Waals surface area contributed by atoms with Crippen LogP contribution in [0.1, 0.15) is 19.5 Å². The van der Waals surface area contributed by atoms with Crippen molar-refractivity contribution in [3.63, 3.8) is 0 Å². The molecule has 6 nitrogen and oxygen atoms in total. The molecule has 0 spiro atoms. The van der Waals surface area contributed by atoms with Crippen LogP contribution in [-0.2, 0) is 0 Å². The minimum absolute atomic E-state index is 0.186. The molecule has 0 fully saturated rings. The van der Waals surface area contributed by atoms with E-state index in [9.17, 15) is 5.26 Å². The van der Waals surface area contributed by atoms with Gasteiger partial charge in [0.25, 0.3) is 0 Å². The highest BCUT2D eigenvalue weighted by Crippen LogP contribution is 2.31. The van der Waals surface area contributed by atoms with Crippen molar-refractivity contribution in [2.45, 2.75) is 19.9 Å². The number of benzene rings is 2. The van der Waals surface area contributed by atoms with Crippen LogP contribution in [0.3, 0.4) is 0 Å².